The van der Waals surface area contributed by atoms with Crippen LogP contribution in [0.5, 0.6) is 0 Å². The van der Waals surface area contributed by atoms with Crippen LogP contribution >= 0.6 is 11.6 Å². The number of nitrogens with one attached hydrogen (secondary N) is 1. The third kappa shape index (κ3) is 4.43. The van der Waals surface area contributed by atoms with Crippen molar-refractivity contribution in [2.45, 2.75) is 6.92 Å². The van der Waals surface area contributed by atoms with Crippen molar-refractivity contribution in [3.05, 3.63) is 47.2 Å². The molecule has 2 aromatic rings. The van der Waals surface area contributed by atoms with Crippen molar-refractivity contribution in [3.63, 3.8) is 0 Å². The molecule has 126 valence electrons. The first kappa shape index (κ1) is 16.7. The van der Waals surface area contributed by atoms with Crippen LogP contribution in [0.4, 0.5) is 11.6 Å². The van der Waals surface area contributed by atoms with E-state index in [1.54, 1.807) is 24.3 Å². The summed E-state index contributed by atoms with van der Waals surface area (Å²) in [6, 6.07) is 7.12. The smallest absolute Gasteiger partial charge is 0.238 e. The maximum Gasteiger partial charge on any atom is 0.238 e. The summed E-state index contributed by atoms with van der Waals surface area (Å²) < 4.78 is 0. The molecule has 0 saturated carbocycles. The molecule has 0 aliphatic carbocycles. The Morgan fingerprint density at radius 3 is 2.38 bits per heavy atom. The summed E-state index contributed by atoms with van der Waals surface area (Å²) >= 11 is 5.84. The monoisotopic (exact) mass is 345 g/mol. The van der Waals surface area contributed by atoms with Gasteiger partial charge >= 0.3 is 0 Å². The molecule has 1 aliphatic heterocycles. The molecular formula is C17H20ClN5O. The molecule has 1 fully saturated rings. The number of halogens is 1. The minimum absolute atomic E-state index is 0.0163. The molecule has 1 amide bonds. The average molecular weight is 346 g/mol. The second-order valence-corrected chi connectivity index (χ2v) is 6.32. The van der Waals surface area contributed by atoms with Crippen LogP contribution in [0.3, 0.4) is 0 Å². The van der Waals surface area contributed by atoms with Crippen LogP contribution < -0.4 is 10.2 Å². The number of carbonyl (C=O) groups excluding carboxylic acids is 1. The number of carbonyl (C=O) groups is 1. The number of aryl methyl sites for hydroxylation is 1. The first-order valence-electron chi connectivity index (χ1n) is 7.91. The topological polar surface area (TPSA) is 61.4 Å². The fourth-order valence-electron chi connectivity index (χ4n) is 2.59. The second kappa shape index (κ2) is 7.59. The van der Waals surface area contributed by atoms with Crippen molar-refractivity contribution in [2.75, 3.05) is 42.9 Å². The minimum Gasteiger partial charge on any atom is -0.338 e. The fourth-order valence-corrected chi connectivity index (χ4v) is 2.72. The van der Waals surface area contributed by atoms with Crippen molar-refractivity contribution in [1.82, 2.24) is 14.9 Å². The van der Waals surface area contributed by atoms with E-state index in [1.807, 2.05) is 19.3 Å². The van der Waals surface area contributed by atoms with Crippen molar-refractivity contribution >= 4 is 29.1 Å². The van der Waals surface area contributed by atoms with Crippen molar-refractivity contribution in [2.24, 2.45) is 0 Å². The molecule has 24 heavy (non-hydrogen) atoms. The van der Waals surface area contributed by atoms with Gasteiger partial charge in [0.2, 0.25) is 11.9 Å². The Morgan fingerprint density at radius 2 is 1.75 bits per heavy atom. The van der Waals surface area contributed by atoms with E-state index in [1.165, 1.54) is 0 Å². The van der Waals surface area contributed by atoms with Crippen LogP contribution in [0.1, 0.15) is 5.56 Å². The van der Waals surface area contributed by atoms with Gasteiger partial charge in [-0.05, 0) is 36.8 Å². The summed E-state index contributed by atoms with van der Waals surface area (Å²) in [6.45, 7) is 5.61. The van der Waals surface area contributed by atoms with Gasteiger partial charge in [-0.3, -0.25) is 9.69 Å². The van der Waals surface area contributed by atoms with Gasteiger partial charge in [0.1, 0.15) is 0 Å². The predicted octanol–water partition coefficient (Wildman–Crippen LogP) is 2.20. The van der Waals surface area contributed by atoms with E-state index in [9.17, 15) is 4.79 Å². The van der Waals surface area contributed by atoms with Crippen molar-refractivity contribution in [1.29, 1.82) is 0 Å². The number of anilines is 2. The van der Waals surface area contributed by atoms with Gasteiger partial charge in [-0.25, -0.2) is 9.97 Å². The molecule has 7 heteroatoms. The number of piperazine rings is 1. The lowest BCUT2D eigenvalue weighted by Gasteiger charge is -2.34. The van der Waals surface area contributed by atoms with Gasteiger partial charge < -0.3 is 10.2 Å². The van der Waals surface area contributed by atoms with E-state index >= 15 is 0 Å². The lowest BCUT2D eigenvalue weighted by Crippen LogP contribution is -2.49. The Balaban J connectivity index is 1.47. The zero-order valence-electron chi connectivity index (χ0n) is 13.6. The van der Waals surface area contributed by atoms with E-state index in [2.05, 4.69) is 25.1 Å². The summed E-state index contributed by atoms with van der Waals surface area (Å²) in [4.78, 5) is 25.1. The van der Waals surface area contributed by atoms with Crippen LogP contribution in [0, 0.1) is 6.92 Å². The van der Waals surface area contributed by atoms with Gasteiger partial charge in [0.15, 0.2) is 0 Å². The zero-order chi connectivity index (χ0) is 16.9. The number of nitrogens with zero attached hydrogens (tertiary/aromatic N) is 4. The Kier molecular flexibility index (Phi) is 5.27. The highest BCUT2D eigenvalue weighted by Gasteiger charge is 2.20. The van der Waals surface area contributed by atoms with Crippen LogP contribution in [-0.4, -0.2) is 53.5 Å². The Labute approximate surface area is 146 Å². The maximum absolute atomic E-state index is 12.1. The van der Waals surface area contributed by atoms with Gasteiger partial charge in [0.25, 0.3) is 0 Å². The molecule has 1 aromatic carbocycles. The Bertz CT molecular complexity index is 681. The first-order chi connectivity index (χ1) is 11.6. The molecular weight excluding hydrogens is 326 g/mol. The molecule has 1 N–H and O–H groups in total. The third-order valence-electron chi connectivity index (χ3n) is 3.92. The van der Waals surface area contributed by atoms with Gasteiger partial charge in [-0.2, -0.15) is 0 Å². The minimum atomic E-state index is -0.0163. The number of benzene rings is 1. The summed E-state index contributed by atoms with van der Waals surface area (Å²) in [5.74, 6) is 0.739. The normalized spacial score (nSPS) is 15.3. The molecule has 0 radical (unpaired) electrons. The predicted molar refractivity (Wildman–Crippen MR) is 95.5 cm³/mol. The third-order valence-corrected chi connectivity index (χ3v) is 4.17. The second-order valence-electron chi connectivity index (χ2n) is 5.88. The molecule has 6 nitrogen and oxygen atoms in total. The van der Waals surface area contributed by atoms with E-state index < -0.39 is 0 Å². The molecule has 2 heterocycles. The fraction of sp³-hybridized carbons (Fsp3) is 0.353. The SMILES string of the molecule is Cc1cnc(N2CCN(CC(=O)Nc3ccc(Cl)cc3)CC2)nc1. The Hall–Kier alpha value is -2.18. The first-order valence-corrected chi connectivity index (χ1v) is 8.29. The summed E-state index contributed by atoms with van der Waals surface area (Å²) in [5.41, 5.74) is 1.81. The Morgan fingerprint density at radius 1 is 1.12 bits per heavy atom. The largest absolute Gasteiger partial charge is 0.338 e. The number of aromatic nitrogens is 2. The molecule has 0 unspecified atom stereocenters. The van der Waals surface area contributed by atoms with Gasteiger partial charge in [-0.15, -0.1) is 0 Å². The highest BCUT2D eigenvalue weighted by atomic mass is 35.5. The summed E-state index contributed by atoms with van der Waals surface area (Å²) in [7, 11) is 0. The number of hydrogen-bond acceptors (Lipinski definition) is 5. The average Bonchev–Trinajstić information content (AvgIpc) is 2.58. The van der Waals surface area contributed by atoms with Crippen LogP contribution in [-0.2, 0) is 4.79 Å². The summed E-state index contributed by atoms with van der Waals surface area (Å²) in [6.07, 6.45) is 3.66. The summed E-state index contributed by atoms with van der Waals surface area (Å²) in [5, 5.41) is 3.54. The molecule has 3 rings (SSSR count). The lowest BCUT2D eigenvalue weighted by molar-refractivity contribution is -0.117. The van der Waals surface area contributed by atoms with E-state index in [0.717, 1.165) is 43.4 Å². The van der Waals surface area contributed by atoms with Gasteiger partial charge in [0, 0.05) is 49.3 Å². The highest BCUT2D eigenvalue weighted by Crippen LogP contribution is 2.14. The quantitative estimate of drug-likeness (QED) is 0.920. The molecule has 0 atom stereocenters. The maximum atomic E-state index is 12.1. The molecule has 0 bridgehead atoms. The molecule has 1 aliphatic rings. The molecule has 1 saturated heterocycles. The van der Waals surface area contributed by atoms with Gasteiger partial charge in [-0.1, -0.05) is 11.6 Å². The zero-order valence-corrected chi connectivity index (χ0v) is 14.3. The van der Waals surface area contributed by atoms with Crippen LogP contribution in [0.2, 0.25) is 5.02 Å². The molecule has 0 spiro atoms. The van der Waals surface area contributed by atoms with Crippen molar-refractivity contribution < 1.29 is 4.79 Å². The van der Waals surface area contributed by atoms with E-state index in [0.29, 0.717) is 11.6 Å². The number of amides is 1. The molecule has 1 aromatic heterocycles. The van der Waals surface area contributed by atoms with Crippen LogP contribution in [0.25, 0.3) is 0 Å². The van der Waals surface area contributed by atoms with Gasteiger partial charge in [0.05, 0.1) is 6.54 Å². The van der Waals surface area contributed by atoms with E-state index in [4.69, 9.17) is 11.6 Å². The number of rotatable bonds is 4. The number of hydrogen-bond donors (Lipinski definition) is 1. The van der Waals surface area contributed by atoms with Crippen molar-refractivity contribution in [3.8, 4) is 0 Å². The van der Waals surface area contributed by atoms with E-state index in [-0.39, 0.29) is 5.91 Å². The highest BCUT2D eigenvalue weighted by molar-refractivity contribution is 6.30. The van der Waals surface area contributed by atoms with Crippen LogP contribution in [0.15, 0.2) is 36.7 Å². The lowest BCUT2D eigenvalue weighted by atomic mass is 10.3. The standard InChI is InChI=1S/C17H20ClN5O/c1-13-10-19-17(20-11-13)23-8-6-22(7-9-23)12-16(24)21-15-4-2-14(18)3-5-15/h2-5,10-11H,6-9,12H2,1H3,(H,21,24).